The highest BCUT2D eigenvalue weighted by molar-refractivity contribution is 5.92. The van der Waals surface area contributed by atoms with Gasteiger partial charge in [-0.3, -0.25) is 4.79 Å². The number of nitrogens with zero attached hydrogens (tertiary/aromatic N) is 2. The zero-order valence-corrected chi connectivity index (χ0v) is 6.61. The molecule has 0 aromatic rings. The van der Waals surface area contributed by atoms with Crippen molar-refractivity contribution in [2.75, 3.05) is 20.3 Å². The number of amides is 1. The lowest BCUT2D eigenvalue weighted by Crippen LogP contribution is -2.26. The van der Waals surface area contributed by atoms with Gasteiger partial charge in [-0.1, -0.05) is 0 Å². The highest BCUT2D eigenvalue weighted by Crippen LogP contribution is 2.06. The predicted molar refractivity (Wildman–Crippen MR) is 38.4 cm³/mol. The molecular formula is C7H8N2O3. The fraction of sp³-hybridized carbons (Fsp3) is 0.429. The monoisotopic (exact) mass is 168 g/mol. The number of ether oxygens (including phenoxy) is 2. The number of likely N-dealkylation sites (N-methyl/N-ethyl adjacent to an activating group) is 1. The molecule has 0 aromatic carbocycles. The molecule has 12 heavy (non-hydrogen) atoms. The number of nitriles is 1. The topological polar surface area (TPSA) is 62.6 Å². The van der Waals surface area contributed by atoms with E-state index < -0.39 is 5.91 Å². The van der Waals surface area contributed by atoms with Crippen molar-refractivity contribution in [1.29, 1.82) is 5.26 Å². The van der Waals surface area contributed by atoms with Gasteiger partial charge < -0.3 is 9.47 Å². The third kappa shape index (κ3) is 1.66. The summed E-state index contributed by atoms with van der Waals surface area (Å²) >= 11 is 0. The fourth-order valence-electron chi connectivity index (χ4n) is 0.691. The maximum absolute atomic E-state index is 11.2. The first kappa shape index (κ1) is 8.40. The molecule has 5 nitrogen and oxygen atoms in total. The third-order valence-corrected chi connectivity index (χ3v) is 1.31. The quantitative estimate of drug-likeness (QED) is 0.402. The molecule has 0 unspecified atom stereocenters. The summed E-state index contributed by atoms with van der Waals surface area (Å²) in [4.78, 5) is 12.0. The number of carbonyl (C=O) groups excluding carboxylic acids is 1. The largest absolute Gasteiger partial charge is 0.494 e. The molecule has 0 saturated carbocycles. The predicted octanol–water partition coefficient (Wildman–Crippen LogP) is -0.186. The van der Waals surface area contributed by atoms with Crippen molar-refractivity contribution >= 4 is 5.91 Å². The van der Waals surface area contributed by atoms with Crippen LogP contribution < -0.4 is 0 Å². The van der Waals surface area contributed by atoms with E-state index in [1.54, 1.807) is 6.19 Å². The highest BCUT2D eigenvalue weighted by atomic mass is 16.6. The minimum atomic E-state index is -0.489. The molecule has 1 amide bonds. The lowest BCUT2D eigenvalue weighted by molar-refractivity contribution is -0.128. The second-order valence-electron chi connectivity index (χ2n) is 2.17. The lowest BCUT2D eigenvalue weighted by atomic mass is 10.4. The fourth-order valence-corrected chi connectivity index (χ4v) is 0.691. The van der Waals surface area contributed by atoms with Gasteiger partial charge in [-0.05, 0) is 0 Å². The van der Waals surface area contributed by atoms with E-state index in [1.807, 2.05) is 0 Å². The average Bonchev–Trinajstić information content (AvgIpc) is 2.17. The Bertz CT molecular complexity index is 254. The Morgan fingerprint density at radius 3 is 3.00 bits per heavy atom. The first-order valence-electron chi connectivity index (χ1n) is 3.38. The van der Waals surface area contributed by atoms with Crippen LogP contribution in [0.3, 0.4) is 0 Å². The van der Waals surface area contributed by atoms with E-state index in [0.29, 0.717) is 13.2 Å². The summed E-state index contributed by atoms with van der Waals surface area (Å²) in [6, 6.07) is 0. The van der Waals surface area contributed by atoms with Crippen LogP contribution in [-0.2, 0) is 14.3 Å². The smallest absolute Gasteiger partial charge is 0.304 e. The minimum Gasteiger partial charge on any atom is -0.494 e. The molecule has 0 fully saturated rings. The molecule has 0 spiro atoms. The Morgan fingerprint density at radius 1 is 1.75 bits per heavy atom. The van der Waals surface area contributed by atoms with Gasteiger partial charge in [0.15, 0.2) is 6.19 Å². The van der Waals surface area contributed by atoms with E-state index in [2.05, 4.69) is 0 Å². The molecule has 1 heterocycles. The van der Waals surface area contributed by atoms with E-state index in [0.717, 1.165) is 4.90 Å². The van der Waals surface area contributed by atoms with E-state index in [9.17, 15) is 4.79 Å². The third-order valence-electron chi connectivity index (χ3n) is 1.31. The van der Waals surface area contributed by atoms with Crippen molar-refractivity contribution in [1.82, 2.24) is 4.90 Å². The van der Waals surface area contributed by atoms with Crippen molar-refractivity contribution in [2.24, 2.45) is 0 Å². The minimum absolute atomic E-state index is 0.0744. The van der Waals surface area contributed by atoms with Crippen molar-refractivity contribution in [2.45, 2.75) is 0 Å². The van der Waals surface area contributed by atoms with Gasteiger partial charge in [0.2, 0.25) is 5.76 Å². The average molecular weight is 168 g/mol. The molecule has 5 heteroatoms. The van der Waals surface area contributed by atoms with Crippen LogP contribution in [0.25, 0.3) is 0 Å². The van der Waals surface area contributed by atoms with Gasteiger partial charge in [0.1, 0.15) is 19.5 Å². The van der Waals surface area contributed by atoms with Crippen LogP contribution in [0.4, 0.5) is 0 Å². The zero-order valence-electron chi connectivity index (χ0n) is 6.61. The van der Waals surface area contributed by atoms with Gasteiger partial charge in [0.05, 0.1) is 0 Å². The molecular weight excluding hydrogens is 160 g/mol. The van der Waals surface area contributed by atoms with Gasteiger partial charge >= 0.3 is 5.91 Å². The standard InChI is InChI=1S/C7H8N2O3/c1-9(5-8)7(10)6-4-11-2-3-12-6/h4H,2-3H2,1H3. The zero-order chi connectivity index (χ0) is 8.97. The summed E-state index contributed by atoms with van der Waals surface area (Å²) in [7, 11) is 1.36. The summed E-state index contributed by atoms with van der Waals surface area (Å²) in [5.74, 6) is -0.414. The van der Waals surface area contributed by atoms with Crippen LogP contribution in [0.1, 0.15) is 0 Å². The van der Waals surface area contributed by atoms with E-state index >= 15 is 0 Å². The molecule has 0 aliphatic carbocycles. The highest BCUT2D eigenvalue weighted by Gasteiger charge is 2.18. The Labute approximate surface area is 69.8 Å². The van der Waals surface area contributed by atoms with Crippen molar-refractivity contribution in [3.05, 3.63) is 12.0 Å². The second-order valence-corrected chi connectivity index (χ2v) is 2.17. The Hall–Kier alpha value is -1.70. The molecule has 1 aliphatic heterocycles. The first-order valence-corrected chi connectivity index (χ1v) is 3.38. The van der Waals surface area contributed by atoms with Crippen molar-refractivity contribution in [3.8, 4) is 6.19 Å². The van der Waals surface area contributed by atoms with Gasteiger partial charge in [-0.25, -0.2) is 4.90 Å². The second kappa shape index (κ2) is 3.62. The summed E-state index contributed by atoms with van der Waals surface area (Å²) in [5.41, 5.74) is 0. The Morgan fingerprint density at radius 2 is 2.50 bits per heavy atom. The number of rotatable bonds is 1. The van der Waals surface area contributed by atoms with Crippen LogP contribution in [0.2, 0.25) is 0 Å². The normalized spacial score (nSPS) is 14.8. The Balaban J connectivity index is 2.64. The van der Waals surface area contributed by atoms with Crippen LogP contribution >= 0.6 is 0 Å². The summed E-state index contributed by atoms with van der Waals surface area (Å²) in [5, 5.41) is 8.37. The summed E-state index contributed by atoms with van der Waals surface area (Å²) in [6.07, 6.45) is 2.89. The molecule has 0 N–H and O–H groups in total. The molecule has 1 rings (SSSR count). The molecule has 0 saturated heterocycles. The van der Waals surface area contributed by atoms with Gasteiger partial charge in [0.25, 0.3) is 0 Å². The lowest BCUT2D eigenvalue weighted by Gasteiger charge is -2.15. The van der Waals surface area contributed by atoms with Gasteiger partial charge in [-0.15, -0.1) is 0 Å². The van der Waals surface area contributed by atoms with E-state index in [4.69, 9.17) is 14.7 Å². The molecule has 1 aliphatic rings. The van der Waals surface area contributed by atoms with Crippen molar-refractivity contribution in [3.63, 3.8) is 0 Å². The van der Waals surface area contributed by atoms with Crippen LogP contribution in [0.5, 0.6) is 0 Å². The molecule has 0 aromatic heterocycles. The molecule has 64 valence electrons. The number of hydrogen-bond acceptors (Lipinski definition) is 4. The SMILES string of the molecule is CN(C#N)C(=O)C1=COCCO1. The van der Waals surface area contributed by atoms with Crippen LogP contribution in [0, 0.1) is 11.5 Å². The Kier molecular flexibility index (Phi) is 2.53. The van der Waals surface area contributed by atoms with Crippen LogP contribution in [0.15, 0.2) is 12.0 Å². The van der Waals surface area contributed by atoms with Crippen LogP contribution in [-0.4, -0.2) is 31.1 Å². The maximum atomic E-state index is 11.2. The summed E-state index contributed by atoms with van der Waals surface area (Å²) in [6.45, 7) is 0.782. The molecule has 0 atom stereocenters. The van der Waals surface area contributed by atoms with Gasteiger partial charge in [0, 0.05) is 7.05 Å². The molecule has 0 bridgehead atoms. The molecule has 0 radical (unpaired) electrons. The van der Waals surface area contributed by atoms with E-state index in [-0.39, 0.29) is 5.76 Å². The maximum Gasteiger partial charge on any atom is 0.304 e. The number of carbonyl (C=O) groups is 1. The summed E-state index contributed by atoms with van der Waals surface area (Å²) < 4.78 is 9.81. The first-order chi connectivity index (χ1) is 5.75. The number of hydrogen-bond donors (Lipinski definition) is 0. The van der Waals surface area contributed by atoms with Crippen molar-refractivity contribution < 1.29 is 14.3 Å². The van der Waals surface area contributed by atoms with E-state index in [1.165, 1.54) is 13.3 Å². The van der Waals surface area contributed by atoms with Gasteiger partial charge in [-0.2, -0.15) is 5.26 Å².